The average Bonchev–Trinajstić information content (AvgIpc) is 3.25. The first-order valence-electron chi connectivity index (χ1n) is 9.75. The van der Waals surface area contributed by atoms with E-state index >= 15 is 0 Å². The number of carbonyl (C=O) groups excluding carboxylic acids is 1. The highest BCUT2D eigenvalue weighted by Gasteiger charge is 2.36. The van der Waals surface area contributed by atoms with Crippen molar-refractivity contribution in [2.24, 2.45) is 0 Å². The van der Waals surface area contributed by atoms with Crippen LogP contribution in [0.15, 0.2) is 36.2 Å². The van der Waals surface area contributed by atoms with Gasteiger partial charge in [0.05, 0.1) is 25.4 Å². The van der Waals surface area contributed by atoms with Gasteiger partial charge in [-0.3, -0.25) is 0 Å². The number of benzene rings is 1. The lowest BCUT2D eigenvalue weighted by atomic mass is 9.87. The molecule has 1 saturated carbocycles. The molecule has 6 nitrogen and oxygen atoms in total. The Morgan fingerprint density at radius 1 is 1.15 bits per heavy atom. The molecular formula is C21H24N4O2. The van der Waals surface area contributed by atoms with E-state index in [1.54, 1.807) is 7.11 Å². The number of aromatic nitrogens is 2. The summed E-state index contributed by atoms with van der Waals surface area (Å²) in [5.74, 6) is 2.37. The number of methoxy groups -OCH3 is 1. The fourth-order valence-electron chi connectivity index (χ4n) is 4.59. The van der Waals surface area contributed by atoms with E-state index in [-0.39, 0.29) is 12.1 Å². The van der Waals surface area contributed by atoms with Crippen molar-refractivity contribution in [3.63, 3.8) is 0 Å². The molecule has 1 atom stereocenters. The van der Waals surface area contributed by atoms with Crippen LogP contribution in [0.1, 0.15) is 61.1 Å². The third kappa shape index (κ3) is 2.80. The van der Waals surface area contributed by atoms with Crippen LogP contribution < -0.4 is 15.4 Å². The van der Waals surface area contributed by atoms with Gasteiger partial charge in [0.15, 0.2) is 0 Å². The number of nitrogens with zero attached hydrogens (tertiary/aromatic N) is 2. The van der Waals surface area contributed by atoms with Crippen LogP contribution >= 0.6 is 0 Å². The van der Waals surface area contributed by atoms with Gasteiger partial charge >= 0.3 is 6.03 Å². The van der Waals surface area contributed by atoms with Gasteiger partial charge in [0.2, 0.25) is 0 Å². The molecule has 3 aliphatic rings. The maximum atomic E-state index is 12.2. The van der Waals surface area contributed by atoms with Crippen molar-refractivity contribution in [3.05, 3.63) is 53.2 Å². The minimum Gasteiger partial charge on any atom is -0.497 e. The Kier molecular flexibility index (Phi) is 3.92. The van der Waals surface area contributed by atoms with Crippen molar-refractivity contribution in [2.45, 2.75) is 50.6 Å². The number of fused-ring (bicyclic) bond motifs is 2. The third-order valence-electron chi connectivity index (χ3n) is 5.99. The van der Waals surface area contributed by atoms with Gasteiger partial charge in [-0.2, -0.15) is 0 Å². The molecule has 1 aliphatic carbocycles. The Bertz CT molecular complexity index is 907. The molecule has 1 aromatic carbocycles. The van der Waals surface area contributed by atoms with E-state index in [1.807, 2.05) is 24.3 Å². The lowest BCUT2D eigenvalue weighted by Gasteiger charge is -2.26. The Morgan fingerprint density at radius 2 is 1.93 bits per heavy atom. The van der Waals surface area contributed by atoms with Crippen LogP contribution in [-0.4, -0.2) is 22.7 Å². The van der Waals surface area contributed by atoms with Crippen molar-refractivity contribution in [1.29, 1.82) is 0 Å². The van der Waals surface area contributed by atoms with Gasteiger partial charge in [0, 0.05) is 23.4 Å². The van der Waals surface area contributed by atoms with Crippen LogP contribution in [0.5, 0.6) is 5.75 Å². The highest BCUT2D eigenvalue weighted by atomic mass is 16.5. The van der Waals surface area contributed by atoms with Crippen LogP contribution in [0.4, 0.5) is 4.79 Å². The molecule has 1 fully saturated rings. The molecule has 2 aromatic rings. The SMILES string of the molecule is COc1ccc(C2NC(=O)NC3=C2c2nc(C4CCCCC4)cn2C3)cc1. The second kappa shape index (κ2) is 6.44. The minimum absolute atomic E-state index is 0.159. The molecule has 2 aliphatic heterocycles. The van der Waals surface area contributed by atoms with Crippen LogP contribution in [0.2, 0.25) is 0 Å². The van der Waals surface area contributed by atoms with Gasteiger partial charge < -0.3 is 19.9 Å². The number of urea groups is 1. The number of amides is 2. The fraction of sp³-hybridized carbons (Fsp3) is 0.429. The summed E-state index contributed by atoms with van der Waals surface area (Å²) in [6.45, 7) is 0.685. The molecular weight excluding hydrogens is 340 g/mol. The highest BCUT2D eigenvalue weighted by molar-refractivity contribution is 5.88. The Balaban J connectivity index is 1.51. The quantitative estimate of drug-likeness (QED) is 0.872. The summed E-state index contributed by atoms with van der Waals surface area (Å²) in [5.41, 5.74) is 4.29. The van der Waals surface area contributed by atoms with Crippen LogP contribution in [-0.2, 0) is 6.54 Å². The molecule has 27 heavy (non-hydrogen) atoms. The Morgan fingerprint density at radius 3 is 2.67 bits per heavy atom. The van der Waals surface area contributed by atoms with Gasteiger partial charge in [-0.05, 0) is 30.5 Å². The summed E-state index contributed by atoms with van der Waals surface area (Å²) in [6.07, 6.45) is 8.61. The van der Waals surface area contributed by atoms with E-state index < -0.39 is 0 Å². The van der Waals surface area contributed by atoms with Crippen LogP contribution in [0.3, 0.4) is 0 Å². The number of nitrogens with one attached hydrogen (secondary N) is 2. The van der Waals surface area contributed by atoms with Crippen molar-refractivity contribution in [1.82, 2.24) is 20.2 Å². The number of carbonyl (C=O) groups is 1. The third-order valence-corrected chi connectivity index (χ3v) is 5.99. The van der Waals surface area contributed by atoms with Gasteiger partial charge in [0.25, 0.3) is 0 Å². The molecule has 3 heterocycles. The first kappa shape index (κ1) is 16.4. The predicted molar refractivity (Wildman–Crippen MR) is 102 cm³/mol. The molecule has 1 unspecified atom stereocenters. The smallest absolute Gasteiger partial charge is 0.319 e. The molecule has 2 N–H and O–H groups in total. The van der Waals surface area contributed by atoms with Gasteiger partial charge in [-0.1, -0.05) is 31.4 Å². The summed E-state index contributed by atoms with van der Waals surface area (Å²) >= 11 is 0. The molecule has 0 spiro atoms. The van der Waals surface area contributed by atoms with Crippen molar-refractivity contribution in [2.75, 3.05) is 7.11 Å². The van der Waals surface area contributed by atoms with E-state index in [9.17, 15) is 4.79 Å². The van der Waals surface area contributed by atoms with E-state index in [0.29, 0.717) is 12.5 Å². The second-order valence-corrected chi connectivity index (χ2v) is 7.65. The Hall–Kier alpha value is -2.76. The molecule has 2 amide bonds. The van der Waals surface area contributed by atoms with E-state index in [2.05, 4.69) is 21.4 Å². The zero-order chi connectivity index (χ0) is 18.4. The van der Waals surface area contributed by atoms with E-state index in [4.69, 9.17) is 9.72 Å². The minimum atomic E-state index is -0.192. The molecule has 140 valence electrons. The van der Waals surface area contributed by atoms with Gasteiger partial charge in [-0.15, -0.1) is 0 Å². The summed E-state index contributed by atoms with van der Waals surface area (Å²) in [4.78, 5) is 17.2. The van der Waals surface area contributed by atoms with E-state index in [1.165, 1.54) is 37.8 Å². The predicted octanol–water partition coefficient (Wildman–Crippen LogP) is 3.72. The summed E-state index contributed by atoms with van der Waals surface area (Å²) < 4.78 is 7.46. The second-order valence-electron chi connectivity index (χ2n) is 7.65. The lowest BCUT2D eigenvalue weighted by Crippen LogP contribution is -2.42. The monoisotopic (exact) mass is 364 g/mol. The van der Waals surface area contributed by atoms with E-state index in [0.717, 1.165) is 28.4 Å². The normalized spacial score (nSPS) is 22.1. The summed E-state index contributed by atoms with van der Waals surface area (Å²) in [5, 5.41) is 6.05. The first-order chi connectivity index (χ1) is 13.2. The molecule has 1 aromatic heterocycles. The number of allylic oxidation sites excluding steroid dienone is 1. The number of imidazole rings is 1. The van der Waals surface area contributed by atoms with Gasteiger partial charge in [-0.25, -0.2) is 9.78 Å². The zero-order valence-corrected chi connectivity index (χ0v) is 15.5. The van der Waals surface area contributed by atoms with Crippen LogP contribution in [0.25, 0.3) is 5.57 Å². The van der Waals surface area contributed by atoms with Crippen molar-refractivity contribution in [3.8, 4) is 5.75 Å². The molecule has 0 bridgehead atoms. The molecule has 0 saturated heterocycles. The number of hydrogen-bond donors (Lipinski definition) is 2. The highest BCUT2D eigenvalue weighted by Crippen LogP contribution is 2.41. The maximum absolute atomic E-state index is 12.2. The molecule has 5 rings (SSSR count). The van der Waals surface area contributed by atoms with Crippen molar-refractivity contribution >= 4 is 11.6 Å². The standard InChI is InChI=1S/C21H24N4O2/c1-27-15-9-7-14(8-10-15)19-18-17(23-21(26)24-19)12-25-11-16(22-20(18)25)13-5-3-2-4-6-13/h7-11,13,19H,2-6,12H2,1H3,(H2,23,24,26). The van der Waals surface area contributed by atoms with Crippen molar-refractivity contribution < 1.29 is 9.53 Å². The Labute approximate surface area is 158 Å². The lowest BCUT2D eigenvalue weighted by molar-refractivity contribution is 0.240. The fourth-order valence-corrected chi connectivity index (χ4v) is 4.59. The molecule has 0 radical (unpaired) electrons. The first-order valence-corrected chi connectivity index (χ1v) is 9.75. The van der Waals surface area contributed by atoms with Crippen LogP contribution in [0, 0.1) is 0 Å². The number of hydrogen-bond acceptors (Lipinski definition) is 3. The zero-order valence-electron chi connectivity index (χ0n) is 15.5. The van der Waals surface area contributed by atoms with Gasteiger partial charge in [0.1, 0.15) is 11.6 Å². The molecule has 6 heteroatoms. The maximum Gasteiger partial charge on any atom is 0.319 e. The average molecular weight is 364 g/mol. The number of rotatable bonds is 3. The largest absolute Gasteiger partial charge is 0.497 e. The topological polar surface area (TPSA) is 68.2 Å². The number of ether oxygens (including phenoxy) is 1. The summed E-state index contributed by atoms with van der Waals surface area (Å²) in [7, 11) is 1.66. The summed E-state index contributed by atoms with van der Waals surface area (Å²) in [6, 6.07) is 7.52.